The van der Waals surface area contributed by atoms with Gasteiger partial charge in [0.25, 0.3) is 0 Å². The van der Waals surface area contributed by atoms with Gasteiger partial charge in [0.1, 0.15) is 0 Å². The third kappa shape index (κ3) is 3.44. The summed E-state index contributed by atoms with van der Waals surface area (Å²) in [6.07, 6.45) is 3.72. The Morgan fingerprint density at radius 3 is 2.80 bits per heavy atom. The minimum atomic E-state index is 0.00717. The van der Waals surface area contributed by atoms with E-state index in [4.69, 9.17) is 17.3 Å². The number of halogens is 1. The highest BCUT2D eigenvalue weighted by Crippen LogP contribution is 2.33. The number of hydrogen-bond acceptors (Lipinski definition) is 3. The molecule has 5 heteroatoms. The van der Waals surface area contributed by atoms with Crippen molar-refractivity contribution in [2.75, 3.05) is 24.3 Å². The molecule has 1 aliphatic carbocycles. The molecule has 1 aromatic carbocycles. The van der Waals surface area contributed by atoms with E-state index < -0.39 is 0 Å². The monoisotopic (exact) mass is 295 g/mol. The summed E-state index contributed by atoms with van der Waals surface area (Å²) in [7, 11) is 3.82. The number of rotatable bonds is 3. The predicted octanol–water partition coefficient (Wildman–Crippen LogP) is 2.86. The van der Waals surface area contributed by atoms with E-state index in [0.29, 0.717) is 5.02 Å². The van der Waals surface area contributed by atoms with Gasteiger partial charge >= 0.3 is 0 Å². The maximum Gasteiger partial charge on any atom is 0.227 e. The molecule has 1 aromatic rings. The predicted molar refractivity (Wildman–Crippen MR) is 84.3 cm³/mol. The topological polar surface area (TPSA) is 58.4 Å². The van der Waals surface area contributed by atoms with Crippen LogP contribution in [-0.2, 0) is 4.79 Å². The first kappa shape index (κ1) is 15.1. The largest absolute Gasteiger partial charge is 0.375 e. The fraction of sp³-hybridized carbons (Fsp3) is 0.533. The first-order valence-corrected chi connectivity index (χ1v) is 7.39. The molecule has 2 atom stereocenters. The normalized spacial score (nSPS) is 22.4. The van der Waals surface area contributed by atoms with E-state index in [2.05, 4.69) is 5.32 Å². The maximum atomic E-state index is 12.4. The Labute approximate surface area is 125 Å². The number of nitrogens with zero attached hydrogens (tertiary/aromatic N) is 1. The first-order valence-electron chi connectivity index (χ1n) is 7.01. The van der Waals surface area contributed by atoms with Crippen molar-refractivity contribution in [3.63, 3.8) is 0 Å². The average Bonchev–Trinajstić information content (AvgIpc) is 2.38. The second-order valence-electron chi connectivity index (χ2n) is 5.64. The van der Waals surface area contributed by atoms with Gasteiger partial charge in [0.05, 0.1) is 16.4 Å². The Morgan fingerprint density at radius 2 is 2.15 bits per heavy atom. The Bertz CT molecular complexity index is 490. The maximum absolute atomic E-state index is 12.4. The van der Waals surface area contributed by atoms with Gasteiger partial charge in [0.2, 0.25) is 5.91 Å². The summed E-state index contributed by atoms with van der Waals surface area (Å²) in [5.74, 6) is 0.0539. The van der Waals surface area contributed by atoms with Gasteiger partial charge in [-0.25, -0.2) is 0 Å². The third-order valence-electron chi connectivity index (χ3n) is 3.78. The van der Waals surface area contributed by atoms with Crippen LogP contribution in [0.3, 0.4) is 0 Å². The molecule has 1 fully saturated rings. The molecule has 0 saturated heterocycles. The SMILES string of the molecule is CN(C)c1c(Cl)cccc1NC(=O)C1CCCC(N)C1. The summed E-state index contributed by atoms with van der Waals surface area (Å²) in [5, 5.41) is 3.63. The summed E-state index contributed by atoms with van der Waals surface area (Å²) < 4.78 is 0. The lowest BCUT2D eigenvalue weighted by Crippen LogP contribution is -2.34. The zero-order valence-electron chi connectivity index (χ0n) is 12.0. The summed E-state index contributed by atoms with van der Waals surface area (Å²) >= 11 is 6.20. The van der Waals surface area contributed by atoms with Crippen molar-refractivity contribution in [3.8, 4) is 0 Å². The van der Waals surface area contributed by atoms with Crippen LogP contribution in [0, 0.1) is 5.92 Å². The van der Waals surface area contributed by atoms with Gasteiger partial charge < -0.3 is 16.0 Å². The highest BCUT2D eigenvalue weighted by molar-refractivity contribution is 6.34. The number of hydrogen-bond donors (Lipinski definition) is 2. The molecule has 1 amide bonds. The van der Waals surface area contributed by atoms with Crippen LogP contribution in [0.1, 0.15) is 25.7 Å². The summed E-state index contributed by atoms with van der Waals surface area (Å²) in [6, 6.07) is 5.69. The smallest absolute Gasteiger partial charge is 0.227 e. The van der Waals surface area contributed by atoms with Gasteiger partial charge in [-0.05, 0) is 31.4 Å². The minimum absolute atomic E-state index is 0.00717. The number of carbonyl (C=O) groups excluding carboxylic acids is 1. The summed E-state index contributed by atoms with van der Waals surface area (Å²) in [5.41, 5.74) is 7.54. The Morgan fingerprint density at radius 1 is 1.40 bits per heavy atom. The van der Waals surface area contributed by atoms with E-state index in [1.54, 1.807) is 0 Å². The molecule has 2 rings (SSSR count). The fourth-order valence-electron chi connectivity index (χ4n) is 2.77. The van der Waals surface area contributed by atoms with Crippen molar-refractivity contribution >= 4 is 28.9 Å². The fourth-order valence-corrected chi connectivity index (χ4v) is 3.11. The van der Waals surface area contributed by atoms with Crippen molar-refractivity contribution in [1.29, 1.82) is 0 Å². The lowest BCUT2D eigenvalue weighted by molar-refractivity contribution is -0.120. The number of para-hydroxylation sites is 1. The molecule has 20 heavy (non-hydrogen) atoms. The van der Waals surface area contributed by atoms with E-state index in [-0.39, 0.29) is 17.9 Å². The second kappa shape index (κ2) is 6.46. The molecule has 0 heterocycles. The van der Waals surface area contributed by atoms with Crippen LogP contribution in [0.5, 0.6) is 0 Å². The van der Waals surface area contributed by atoms with Crippen LogP contribution in [0.4, 0.5) is 11.4 Å². The Kier molecular flexibility index (Phi) is 4.89. The van der Waals surface area contributed by atoms with E-state index in [0.717, 1.165) is 37.1 Å². The molecule has 0 aliphatic heterocycles. The van der Waals surface area contributed by atoms with Crippen molar-refractivity contribution < 1.29 is 4.79 Å². The van der Waals surface area contributed by atoms with Crippen LogP contribution in [0.25, 0.3) is 0 Å². The lowest BCUT2D eigenvalue weighted by Gasteiger charge is -2.26. The van der Waals surface area contributed by atoms with Gasteiger partial charge in [-0.1, -0.05) is 24.1 Å². The molecule has 4 nitrogen and oxygen atoms in total. The molecule has 2 unspecified atom stereocenters. The van der Waals surface area contributed by atoms with Gasteiger partial charge in [-0.15, -0.1) is 0 Å². The Balaban J connectivity index is 2.13. The van der Waals surface area contributed by atoms with Gasteiger partial charge in [-0.2, -0.15) is 0 Å². The third-order valence-corrected chi connectivity index (χ3v) is 4.08. The zero-order chi connectivity index (χ0) is 14.7. The zero-order valence-corrected chi connectivity index (χ0v) is 12.8. The quantitative estimate of drug-likeness (QED) is 0.901. The minimum Gasteiger partial charge on any atom is -0.375 e. The number of nitrogens with two attached hydrogens (primary N) is 1. The number of carbonyl (C=O) groups is 1. The highest BCUT2D eigenvalue weighted by atomic mass is 35.5. The van der Waals surface area contributed by atoms with E-state index in [1.165, 1.54) is 0 Å². The number of anilines is 2. The van der Waals surface area contributed by atoms with Crippen molar-refractivity contribution in [2.45, 2.75) is 31.7 Å². The van der Waals surface area contributed by atoms with Gasteiger partial charge in [0.15, 0.2) is 0 Å². The second-order valence-corrected chi connectivity index (χ2v) is 6.05. The summed E-state index contributed by atoms with van der Waals surface area (Å²) in [4.78, 5) is 14.3. The Hall–Kier alpha value is -1.26. The molecule has 1 aliphatic rings. The standard InChI is InChI=1S/C15H22ClN3O/c1-19(2)14-12(16)7-4-8-13(14)18-15(20)10-5-3-6-11(17)9-10/h4,7-8,10-11H,3,5-6,9,17H2,1-2H3,(H,18,20). The molecule has 0 radical (unpaired) electrons. The van der Waals surface area contributed by atoms with Crippen LogP contribution < -0.4 is 16.0 Å². The van der Waals surface area contributed by atoms with Crippen LogP contribution in [0.15, 0.2) is 18.2 Å². The number of benzene rings is 1. The molecular formula is C15H22ClN3O. The van der Waals surface area contributed by atoms with E-state index >= 15 is 0 Å². The average molecular weight is 296 g/mol. The number of nitrogens with one attached hydrogen (secondary N) is 1. The molecule has 110 valence electrons. The highest BCUT2D eigenvalue weighted by Gasteiger charge is 2.26. The van der Waals surface area contributed by atoms with Crippen LogP contribution >= 0.6 is 11.6 Å². The molecular weight excluding hydrogens is 274 g/mol. The van der Waals surface area contributed by atoms with Crippen LogP contribution in [-0.4, -0.2) is 26.0 Å². The first-order chi connectivity index (χ1) is 9.49. The van der Waals surface area contributed by atoms with E-state index in [1.807, 2.05) is 37.2 Å². The summed E-state index contributed by atoms with van der Waals surface area (Å²) in [6.45, 7) is 0. The van der Waals surface area contributed by atoms with Crippen LogP contribution in [0.2, 0.25) is 5.02 Å². The van der Waals surface area contributed by atoms with E-state index in [9.17, 15) is 4.79 Å². The molecule has 1 saturated carbocycles. The lowest BCUT2D eigenvalue weighted by atomic mass is 9.85. The molecule has 3 N–H and O–H groups in total. The molecule has 0 spiro atoms. The van der Waals surface area contributed by atoms with Gasteiger partial charge in [-0.3, -0.25) is 4.79 Å². The molecule has 0 aromatic heterocycles. The van der Waals surface area contributed by atoms with Crippen molar-refractivity contribution in [2.24, 2.45) is 11.7 Å². The van der Waals surface area contributed by atoms with Crippen molar-refractivity contribution in [1.82, 2.24) is 0 Å². The number of amides is 1. The van der Waals surface area contributed by atoms with Gasteiger partial charge in [0, 0.05) is 26.1 Å². The van der Waals surface area contributed by atoms with Crippen molar-refractivity contribution in [3.05, 3.63) is 23.2 Å². The molecule has 0 bridgehead atoms.